The van der Waals surface area contributed by atoms with E-state index in [1.807, 2.05) is 0 Å². The lowest BCUT2D eigenvalue weighted by Crippen LogP contribution is -2.35. The summed E-state index contributed by atoms with van der Waals surface area (Å²) in [4.78, 5) is 11.1. The Balaban J connectivity index is 3.08. The summed E-state index contributed by atoms with van der Waals surface area (Å²) in [5.41, 5.74) is 0. The second-order valence-electron chi connectivity index (χ2n) is 4.05. The topological polar surface area (TPSA) is 41.1 Å². The molecule has 16 heavy (non-hydrogen) atoms. The number of nitrogens with one attached hydrogen (secondary N) is 2. The Bertz CT molecular complexity index is 181. The molecule has 0 aliphatic heterocycles. The maximum atomic E-state index is 11.1. The van der Waals surface area contributed by atoms with Crippen LogP contribution in [0.2, 0.25) is 0 Å². The highest BCUT2D eigenvalue weighted by Gasteiger charge is 1.96. The molecule has 0 fully saturated rings. The van der Waals surface area contributed by atoms with Gasteiger partial charge in [-0.3, -0.25) is 0 Å². The van der Waals surface area contributed by atoms with Crippen LogP contribution in [0, 0.1) is 0 Å². The van der Waals surface area contributed by atoms with Crippen molar-refractivity contribution in [2.24, 2.45) is 0 Å². The number of amides is 2. The highest BCUT2D eigenvalue weighted by atomic mass is 16.2. The lowest BCUT2D eigenvalue weighted by Gasteiger charge is -2.05. The standard InChI is InChI=1S/C13H26N2O/c1-3-5-6-7-8-9-10-12-15-13(16)14-11-4-2/h4H,2-3,5-12H2,1H3,(H2,14,15,16). The van der Waals surface area contributed by atoms with Gasteiger partial charge in [-0.2, -0.15) is 0 Å². The van der Waals surface area contributed by atoms with Crippen LogP contribution in [-0.4, -0.2) is 19.1 Å². The lowest BCUT2D eigenvalue weighted by molar-refractivity contribution is 0.241. The normalized spacial score (nSPS) is 9.81. The van der Waals surface area contributed by atoms with Crippen molar-refractivity contribution in [3.63, 3.8) is 0 Å². The molecule has 3 nitrogen and oxygen atoms in total. The number of hydrogen-bond acceptors (Lipinski definition) is 1. The van der Waals surface area contributed by atoms with Crippen molar-refractivity contribution in [2.45, 2.75) is 51.9 Å². The smallest absolute Gasteiger partial charge is 0.315 e. The van der Waals surface area contributed by atoms with Crippen LogP contribution >= 0.6 is 0 Å². The molecular weight excluding hydrogens is 200 g/mol. The summed E-state index contributed by atoms with van der Waals surface area (Å²) >= 11 is 0. The average molecular weight is 226 g/mol. The Labute approximate surface area is 99.7 Å². The fourth-order valence-electron chi connectivity index (χ4n) is 1.51. The second-order valence-corrected chi connectivity index (χ2v) is 4.05. The van der Waals surface area contributed by atoms with Gasteiger partial charge in [0.2, 0.25) is 0 Å². The summed E-state index contributed by atoms with van der Waals surface area (Å²) in [7, 11) is 0. The van der Waals surface area contributed by atoms with E-state index in [0.717, 1.165) is 13.0 Å². The molecule has 0 rings (SSSR count). The Kier molecular flexibility index (Phi) is 11.3. The highest BCUT2D eigenvalue weighted by Crippen LogP contribution is 2.06. The van der Waals surface area contributed by atoms with Crippen molar-refractivity contribution >= 4 is 6.03 Å². The largest absolute Gasteiger partial charge is 0.338 e. The SMILES string of the molecule is C=CCNC(=O)NCCCCCCCCC. The zero-order valence-electron chi connectivity index (χ0n) is 10.6. The first-order valence-electron chi connectivity index (χ1n) is 6.43. The van der Waals surface area contributed by atoms with Crippen LogP contribution in [0.5, 0.6) is 0 Å². The summed E-state index contributed by atoms with van der Waals surface area (Å²) in [5, 5.41) is 5.50. The first-order chi connectivity index (χ1) is 7.81. The molecule has 2 amide bonds. The van der Waals surface area contributed by atoms with Crippen LogP contribution < -0.4 is 10.6 Å². The van der Waals surface area contributed by atoms with Crippen LogP contribution in [-0.2, 0) is 0 Å². The van der Waals surface area contributed by atoms with Gasteiger partial charge in [0.25, 0.3) is 0 Å². The first-order valence-corrected chi connectivity index (χ1v) is 6.43. The quantitative estimate of drug-likeness (QED) is 0.436. The van der Waals surface area contributed by atoms with E-state index in [9.17, 15) is 4.79 Å². The maximum Gasteiger partial charge on any atom is 0.315 e. The Hall–Kier alpha value is -0.990. The van der Waals surface area contributed by atoms with E-state index in [-0.39, 0.29) is 6.03 Å². The summed E-state index contributed by atoms with van der Waals surface area (Å²) in [6.07, 6.45) is 10.6. The molecule has 0 saturated heterocycles. The van der Waals surface area contributed by atoms with Gasteiger partial charge in [0.05, 0.1) is 0 Å². The zero-order chi connectivity index (χ0) is 12.1. The predicted octanol–water partition coefficient (Wildman–Crippen LogP) is 3.22. The van der Waals surface area contributed by atoms with Crippen molar-refractivity contribution in [1.82, 2.24) is 10.6 Å². The van der Waals surface area contributed by atoms with Gasteiger partial charge >= 0.3 is 6.03 Å². The second kappa shape index (κ2) is 12.1. The van der Waals surface area contributed by atoms with Gasteiger partial charge in [-0.05, 0) is 6.42 Å². The molecule has 0 aliphatic rings. The van der Waals surface area contributed by atoms with Gasteiger partial charge in [0, 0.05) is 13.1 Å². The maximum absolute atomic E-state index is 11.1. The van der Waals surface area contributed by atoms with E-state index in [1.54, 1.807) is 6.08 Å². The average Bonchev–Trinajstić information content (AvgIpc) is 2.30. The third kappa shape index (κ3) is 11.1. The molecule has 94 valence electrons. The Morgan fingerprint density at radius 3 is 2.31 bits per heavy atom. The fourth-order valence-corrected chi connectivity index (χ4v) is 1.51. The first kappa shape index (κ1) is 15.0. The molecule has 0 aliphatic carbocycles. The minimum absolute atomic E-state index is 0.0918. The number of rotatable bonds is 10. The Morgan fingerprint density at radius 2 is 1.69 bits per heavy atom. The van der Waals surface area contributed by atoms with Crippen LogP contribution in [0.15, 0.2) is 12.7 Å². The summed E-state index contributed by atoms with van der Waals surface area (Å²) in [5.74, 6) is 0. The van der Waals surface area contributed by atoms with E-state index in [0.29, 0.717) is 6.54 Å². The molecule has 0 heterocycles. The van der Waals surface area contributed by atoms with E-state index in [4.69, 9.17) is 0 Å². The molecule has 3 heteroatoms. The van der Waals surface area contributed by atoms with Gasteiger partial charge in [-0.25, -0.2) is 4.79 Å². The summed E-state index contributed by atoms with van der Waals surface area (Å²) in [6, 6.07) is -0.0918. The molecule has 0 aromatic rings. The van der Waals surface area contributed by atoms with Crippen molar-refractivity contribution in [3.05, 3.63) is 12.7 Å². The van der Waals surface area contributed by atoms with Crippen molar-refractivity contribution in [3.8, 4) is 0 Å². The van der Waals surface area contributed by atoms with Crippen molar-refractivity contribution in [1.29, 1.82) is 0 Å². The molecule has 0 unspecified atom stereocenters. The van der Waals surface area contributed by atoms with E-state index in [2.05, 4.69) is 24.1 Å². The van der Waals surface area contributed by atoms with Gasteiger partial charge in [-0.15, -0.1) is 6.58 Å². The van der Waals surface area contributed by atoms with Crippen LogP contribution in [0.3, 0.4) is 0 Å². The molecule has 0 spiro atoms. The summed E-state index contributed by atoms with van der Waals surface area (Å²) < 4.78 is 0. The lowest BCUT2D eigenvalue weighted by atomic mass is 10.1. The highest BCUT2D eigenvalue weighted by molar-refractivity contribution is 5.73. The summed E-state index contributed by atoms with van der Waals surface area (Å²) in [6.45, 7) is 7.07. The van der Waals surface area contributed by atoms with Gasteiger partial charge in [-0.1, -0.05) is 51.5 Å². The number of urea groups is 1. The monoisotopic (exact) mass is 226 g/mol. The minimum atomic E-state index is -0.0918. The van der Waals surface area contributed by atoms with Crippen molar-refractivity contribution in [2.75, 3.05) is 13.1 Å². The van der Waals surface area contributed by atoms with Crippen LogP contribution in [0.25, 0.3) is 0 Å². The molecule has 0 aromatic heterocycles. The fraction of sp³-hybridized carbons (Fsp3) is 0.769. The van der Waals surface area contributed by atoms with Crippen LogP contribution in [0.1, 0.15) is 51.9 Å². The molecule has 0 saturated carbocycles. The third-order valence-electron chi connectivity index (χ3n) is 2.47. The van der Waals surface area contributed by atoms with Gasteiger partial charge < -0.3 is 10.6 Å². The zero-order valence-corrected chi connectivity index (χ0v) is 10.6. The molecule has 2 N–H and O–H groups in total. The minimum Gasteiger partial charge on any atom is -0.338 e. The van der Waals surface area contributed by atoms with Gasteiger partial charge in [0.1, 0.15) is 0 Å². The van der Waals surface area contributed by atoms with E-state index < -0.39 is 0 Å². The molecule has 0 radical (unpaired) electrons. The molecule has 0 bridgehead atoms. The van der Waals surface area contributed by atoms with Crippen LogP contribution in [0.4, 0.5) is 4.79 Å². The number of carbonyl (C=O) groups is 1. The van der Waals surface area contributed by atoms with E-state index >= 15 is 0 Å². The van der Waals surface area contributed by atoms with Gasteiger partial charge in [0.15, 0.2) is 0 Å². The molecule has 0 atom stereocenters. The van der Waals surface area contributed by atoms with E-state index in [1.165, 1.54) is 38.5 Å². The molecular formula is C13H26N2O. The van der Waals surface area contributed by atoms with Crippen molar-refractivity contribution < 1.29 is 4.79 Å². The number of unbranched alkanes of at least 4 members (excludes halogenated alkanes) is 6. The Morgan fingerprint density at radius 1 is 1.06 bits per heavy atom. The predicted molar refractivity (Wildman–Crippen MR) is 69.6 cm³/mol. The third-order valence-corrected chi connectivity index (χ3v) is 2.47. The number of hydrogen-bond donors (Lipinski definition) is 2. The molecule has 0 aromatic carbocycles. The number of carbonyl (C=O) groups excluding carboxylic acids is 1.